The van der Waals surface area contributed by atoms with Gasteiger partial charge in [-0.25, -0.2) is 0 Å². The van der Waals surface area contributed by atoms with Gasteiger partial charge >= 0.3 is 0 Å². The second-order valence-corrected chi connectivity index (χ2v) is 4.06. The summed E-state index contributed by atoms with van der Waals surface area (Å²) in [5, 5.41) is 0. The maximum absolute atomic E-state index is 5.78. The van der Waals surface area contributed by atoms with Crippen molar-refractivity contribution in [3.8, 4) is 0 Å². The number of hydrogen-bond donors (Lipinski definition) is 2. The molecule has 76 valence electrons. The lowest BCUT2D eigenvalue weighted by Crippen LogP contribution is -2.54. The average molecular weight is 184 g/mol. The van der Waals surface area contributed by atoms with Crippen molar-refractivity contribution in [1.82, 2.24) is 5.43 Å². The van der Waals surface area contributed by atoms with Crippen molar-refractivity contribution in [2.24, 2.45) is 5.84 Å². The molecule has 1 fully saturated rings. The van der Waals surface area contributed by atoms with E-state index in [2.05, 4.69) is 18.9 Å². The first kappa shape index (κ1) is 10.7. The van der Waals surface area contributed by atoms with Crippen LogP contribution in [0.3, 0.4) is 0 Å². The fourth-order valence-corrected chi connectivity index (χ4v) is 2.02. The lowest BCUT2D eigenvalue weighted by atomic mass is 9.85. The lowest BCUT2D eigenvalue weighted by Gasteiger charge is -2.40. The number of nitrogens with one attached hydrogen (secondary N) is 1. The Kier molecular flexibility index (Phi) is 3.47. The minimum atomic E-state index is -0.168. The van der Waals surface area contributed by atoms with Crippen molar-refractivity contribution in [2.45, 2.75) is 44.8 Å². The minimum Gasteiger partial charge on any atom is -0.373 e. The Bertz CT molecular complexity index is 185. The zero-order valence-corrected chi connectivity index (χ0v) is 8.60. The van der Waals surface area contributed by atoms with Crippen LogP contribution in [0.25, 0.3) is 0 Å². The molecular formula is C10H20N2O. The van der Waals surface area contributed by atoms with Crippen LogP contribution in [0.1, 0.15) is 33.1 Å². The first-order valence-electron chi connectivity index (χ1n) is 4.85. The molecule has 0 aliphatic carbocycles. The SMILES string of the molecule is C=C(C)C(NN)C1(C)CCCCO1. The van der Waals surface area contributed by atoms with Gasteiger partial charge in [-0.2, -0.15) is 0 Å². The maximum Gasteiger partial charge on any atom is 0.0857 e. The minimum absolute atomic E-state index is 0.0628. The number of hydrazine groups is 1. The fraction of sp³-hybridized carbons (Fsp3) is 0.800. The summed E-state index contributed by atoms with van der Waals surface area (Å²) >= 11 is 0. The predicted octanol–water partition coefficient (Wildman–Crippen LogP) is 1.35. The Hall–Kier alpha value is -0.380. The summed E-state index contributed by atoms with van der Waals surface area (Å²) in [6, 6.07) is 0.0628. The van der Waals surface area contributed by atoms with Gasteiger partial charge in [0.15, 0.2) is 0 Å². The number of hydrogen-bond acceptors (Lipinski definition) is 3. The van der Waals surface area contributed by atoms with E-state index in [0.717, 1.165) is 25.0 Å². The molecule has 0 bridgehead atoms. The van der Waals surface area contributed by atoms with Gasteiger partial charge in [-0.05, 0) is 33.1 Å². The van der Waals surface area contributed by atoms with Gasteiger partial charge in [0.2, 0.25) is 0 Å². The van der Waals surface area contributed by atoms with Crippen LogP contribution in [0.5, 0.6) is 0 Å². The van der Waals surface area contributed by atoms with Crippen LogP contribution in [-0.4, -0.2) is 18.2 Å². The van der Waals surface area contributed by atoms with E-state index in [-0.39, 0.29) is 11.6 Å². The van der Waals surface area contributed by atoms with Crippen LogP contribution < -0.4 is 11.3 Å². The molecule has 2 atom stereocenters. The molecule has 3 nitrogen and oxygen atoms in total. The molecule has 0 aromatic rings. The molecule has 1 aliphatic rings. The molecule has 0 radical (unpaired) electrons. The van der Waals surface area contributed by atoms with E-state index in [1.807, 2.05) is 6.92 Å². The van der Waals surface area contributed by atoms with Gasteiger partial charge < -0.3 is 4.74 Å². The van der Waals surface area contributed by atoms with Crippen LogP contribution in [-0.2, 0) is 4.74 Å². The Labute approximate surface area is 80.3 Å². The van der Waals surface area contributed by atoms with Gasteiger partial charge in [0, 0.05) is 6.61 Å². The molecule has 0 spiro atoms. The third-order valence-electron chi connectivity index (χ3n) is 2.77. The normalized spacial score (nSPS) is 31.3. The van der Waals surface area contributed by atoms with E-state index in [9.17, 15) is 0 Å². The van der Waals surface area contributed by atoms with Gasteiger partial charge in [-0.3, -0.25) is 11.3 Å². The summed E-state index contributed by atoms with van der Waals surface area (Å²) in [6.45, 7) is 8.84. The van der Waals surface area contributed by atoms with Crippen molar-refractivity contribution in [3.05, 3.63) is 12.2 Å². The summed E-state index contributed by atoms with van der Waals surface area (Å²) < 4.78 is 5.78. The molecule has 1 aliphatic heterocycles. The molecule has 13 heavy (non-hydrogen) atoms. The Balaban J connectivity index is 2.68. The van der Waals surface area contributed by atoms with Gasteiger partial charge in [0.1, 0.15) is 0 Å². The first-order chi connectivity index (χ1) is 6.10. The second-order valence-electron chi connectivity index (χ2n) is 4.06. The van der Waals surface area contributed by atoms with Crippen molar-refractivity contribution in [2.75, 3.05) is 6.61 Å². The highest BCUT2D eigenvalue weighted by Crippen LogP contribution is 2.30. The number of rotatable bonds is 3. The average Bonchev–Trinajstić information content (AvgIpc) is 2.05. The Morgan fingerprint density at radius 2 is 2.31 bits per heavy atom. The molecule has 3 N–H and O–H groups in total. The standard InChI is InChI=1S/C10H20N2O/c1-8(2)9(12-11)10(3)6-4-5-7-13-10/h9,12H,1,4-7,11H2,2-3H3. The van der Waals surface area contributed by atoms with E-state index >= 15 is 0 Å². The van der Waals surface area contributed by atoms with E-state index in [0.29, 0.717) is 0 Å². The highest BCUT2D eigenvalue weighted by atomic mass is 16.5. The predicted molar refractivity (Wildman–Crippen MR) is 54.1 cm³/mol. The largest absolute Gasteiger partial charge is 0.373 e. The second kappa shape index (κ2) is 4.22. The molecule has 3 heteroatoms. The topological polar surface area (TPSA) is 47.3 Å². The van der Waals surface area contributed by atoms with Crippen molar-refractivity contribution in [1.29, 1.82) is 0 Å². The third kappa shape index (κ3) is 2.30. The summed E-state index contributed by atoms with van der Waals surface area (Å²) in [5.41, 5.74) is 3.65. The van der Waals surface area contributed by atoms with Crippen LogP contribution in [0.4, 0.5) is 0 Å². The molecular weight excluding hydrogens is 164 g/mol. The number of ether oxygens (including phenoxy) is 1. The lowest BCUT2D eigenvalue weighted by molar-refractivity contribution is -0.0809. The van der Waals surface area contributed by atoms with Crippen molar-refractivity contribution in [3.63, 3.8) is 0 Å². The van der Waals surface area contributed by atoms with Gasteiger partial charge in [0.25, 0.3) is 0 Å². The molecule has 0 aromatic heterocycles. The zero-order chi connectivity index (χ0) is 9.90. The monoisotopic (exact) mass is 184 g/mol. The number of nitrogens with two attached hydrogens (primary N) is 1. The summed E-state index contributed by atoms with van der Waals surface area (Å²) in [6.07, 6.45) is 3.42. The van der Waals surface area contributed by atoms with E-state index in [4.69, 9.17) is 10.6 Å². The maximum atomic E-state index is 5.78. The molecule has 0 saturated carbocycles. The summed E-state index contributed by atoms with van der Waals surface area (Å²) in [4.78, 5) is 0. The van der Waals surface area contributed by atoms with Crippen LogP contribution in [0.2, 0.25) is 0 Å². The van der Waals surface area contributed by atoms with Crippen molar-refractivity contribution >= 4 is 0 Å². The molecule has 1 rings (SSSR count). The summed E-state index contributed by atoms with van der Waals surface area (Å²) in [7, 11) is 0. The quantitative estimate of drug-likeness (QED) is 0.395. The molecule has 2 unspecified atom stereocenters. The highest BCUT2D eigenvalue weighted by Gasteiger charge is 2.36. The van der Waals surface area contributed by atoms with Crippen LogP contribution in [0.15, 0.2) is 12.2 Å². The molecule has 0 amide bonds. The molecule has 1 saturated heterocycles. The van der Waals surface area contributed by atoms with Crippen LogP contribution in [0, 0.1) is 0 Å². The first-order valence-corrected chi connectivity index (χ1v) is 4.85. The smallest absolute Gasteiger partial charge is 0.0857 e. The molecule has 0 aromatic carbocycles. The third-order valence-corrected chi connectivity index (χ3v) is 2.77. The van der Waals surface area contributed by atoms with Gasteiger partial charge in [-0.1, -0.05) is 12.2 Å². The van der Waals surface area contributed by atoms with Gasteiger partial charge in [0.05, 0.1) is 11.6 Å². The van der Waals surface area contributed by atoms with Gasteiger partial charge in [-0.15, -0.1) is 0 Å². The van der Waals surface area contributed by atoms with Crippen LogP contribution >= 0.6 is 0 Å². The fourth-order valence-electron chi connectivity index (χ4n) is 2.02. The van der Waals surface area contributed by atoms with E-state index in [1.54, 1.807) is 0 Å². The Morgan fingerprint density at radius 3 is 2.69 bits per heavy atom. The molecule has 1 heterocycles. The highest BCUT2D eigenvalue weighted by molar-refractivity contribution is 5.10. The Morgan fingerprint density at radius 1 is 1.62 bits per heavy atom. The van der Waals surface area contributed by atoms with E-state index in [1.165, 1.54) is 6.42 Å². The zero-order valence-electron chi connectivity index (χ0n) is 8.60. The van der Waals surface area contributed by atoms with E-state index < -0.39 is 0 Å². The van der Waals surface area contributed by atoms with Crippen molar-refractivity contribution < 1.29 is 4.74 Å². The summed E-state index contributed by atoms with van der Waals surface area (Å²) in [5.74, 6) is 5.50.